The van der Waals surface area contributed by atoms with Gasteiger partial charge in [-0.1, -0.05) is 26.0 Å². The first-order valence-electron chi connectivity index (χ1n) is 6.32. The van der Waals surface area contributed by atoms with E-state index in [0.717, 1.165) is 6.07 Å². The molecule has 0 aliphatic rings. The molecule has 3 N–H and O–H groups in total. The average molecular weight is 283 g/mol. The van der Waals surface area contributed by atoms with Crippen LogP contribution in [0.3, 0.4) is 0 Å². The predicted molar refractivity (Wildman–Crippen MR) is 73.7 cm³/mol. The summed E-state index contributed by atoms with van der Waals surface area (Å²) in [7, 11) is -0.547. The molecule has 0 bridgehead atoms. The second-order valence-corrected chi connectivity index (χ2v) is 4.86. The molecule has 1 atom stereocenters. The summed E-state index contributed by atoms with van der Waals surface area (Å²) in [6.07, 6.45) is 0. The fourth-order valence-electron chi connectivity index (χ4n) is 1.85. The Bertz CT molecular complexity index is 468. The van der Waals surface area contributed by atoms with E-state index >= 15 is 0 Å². The van der Waals surface area contributed by atoms with Gasteiger partial charge in [-0.2, -0.15) is 0 Å². The van der Waals surface area contributed by atoms with Crippen molar-refractivity contribution in [3.8, 4) is 0 Å². The number of halogens is 1. The van der Waals surface area contributed by atoms with E-state index in [2.05, 4.69) is 5.32 Å². The molecule has 0 aliphatic carbocycles. The number of hydrogen-bond donors (Lipinski definition) is 3. The second kappa shape index (κ2) is 7.37. The molecule has 0 fully saturated rings. The number of benzene rings is 1. The maximum Gasteiger partial charge on any atom is 0.491 e. The first-order chi connectivity index (χ1) is 9.36. The Morgan fingerprint density at radius 3 is 2.60 bits per heavy atom. The molecule has 0 amide bonds. The zero-order valence-corrected chi connectivity index (χ0v) is 11.8. The molecule has 0 heterocycles. The van der Waals surface area contributed by atoms with E-state index < -0.39 is 19.0 Å². The summed E-state index contributed by atoms with van der Waals surface area (Å²) in [6.45, 7) is 4.04. The SMILES string of the molecule is COC(=O)[C@H](NCc1ccc(F)c(B(O)O)c1)C(C)C. The monoisotopic (exact) mass is 283 g/mol. The highest BCUT2D eigenvalue weighted by Gasteiger charge is 2.22. The van der Waals surface area contributed by atoms with E-state index in [1.54, 1.807) is 0 Å². The molecular weight excluding hydrogens is 264 g/mol. The Kier molecular flexibility index (Phi) is 6.13. The predicted octanol–water partition coefficient (Wildman–Crippen LogP) is -0.207. The van der Waals surface area contributed by atoms with Crippen LogP contribution in [0.4, 0.5) is 4.39 Å². The van der Waals surface area contributed by atoms with Crippen molar-refractivity contribution < 1.29 is 24.0 Å². The standard InChI is InChI=1S/C13H19BFNO4/c1-8(2)12(13(17)20-3)16-7-9-4-5-11(15)10(6-9)14(18)19/h4-6,8,12,16,18-19H,7H2,1-3H3/t12-/m1/s1. The van der Waals surface area contributed by atoms with Crippen LogP contribution in [0.1, 0.15) is 19.4 Å². The Balaban J connectivity index is 2.78. The maximum atomic E-state index is 13.3. The smallest absolute Gasteiger partial charge is 0.468 e. The zero-order chi connectivity index (χ0) is 15.3. The quantitative estimate of drug-likeness (QED) is 0.497. The highest BCUT2D eigenvalue weighted by atomic mass is 19.1. The first kappa shape index (κ1) is 16.6. The van der Waals surface area contributed by atoms with Crippen molar-refractivity contribution in [3.05, 3.63) is 29.6 Å². The van der Waals surface area contributed by atoms with Crippen molar-refractivity contribution in [2.75, 3.05) is 7.11 Å². The lowest BCUT2D eigenvalue weighted by atomic mass is 9.79. The fourth-order valence-corrected chi connectivity index (χ4v) is 1.85. The van der Waals surface area contributed by atoms with E-state index in [0.29, 0.717) is 5.56 Å². The van der Waals surface area contributed by atoms with E-state index in [1.165, 1.54) is 19.2 Å². The normalized spacial score (nSPS) is 12.3. The van der Waals surface area contributed by atoms with Gasteiger partial charge >= 0.3 is 13.1 Å². The maximum absolute atomic E-state index is 13.3. The van der Waals surface area contributed by atoms with Crippen molar-refractivity contribution in [2.24, 2.45) is 5.92 Å². The lowest BCUT2D eigenvalue weighted by molar-refractivity contribution is -0.144. The molecule has 1 aromatic rings. The third kappa shape index (κ3) is 4.30. The van der Waals surface area contributed by atoms with Gasteiger partial charge in [0.25, 0.3) is 0 Å². The van der Waals surface area contributed by atoms with Gasteiger partial charge in [0.15, 0.2) is 0 Å². The molecule has 0 saturated heterocycles. The van der Waals surface area contributed by atoms with Crippen LogP contribution < -0.4 is 10.8 Å². The minimum absolute atomic E-state index is 0.0331. The molecule has 20 heavy (non-hydrogen) atoms. The Hall–Kier alpha value is -1.44. The lowest BCUT2D eigenvalue weighted by Gasteiger charge is -2.20. The van der Waals surface area contributed by atoms with Crippen molar-refractivity contribution in [2.45, 2.75) is 26.4 Å². The van der Waals surface area contributed by atoms with Gasteiger partial charge in [0.2, 0.25) is 0 Å². The van der Waals surface area contributed by atoms with E-state index in [-0.39, 0.29) is 23.9 Å². The number of hydrogen-bond acceptors (Lipinski definition) is 5. The molecule has 0 aliphatic heterocycles. The largest absolute Gasteiger partial charge is 0.491 e. The summed E-state index contributed by atoms with van der Waals surface area (Å²) in [4.78, 5) is 11.6. The molecule has 0 unspecified atom stereocenters. The van der Waals surface area contributed by atoms with Crippen molar-refractivity contribution in [1.29, 1.82) is 0 Å². The Labute approximate surface area is 117 Å². The average Bonchev–Trinajstić information content (AvgIpc) is 2.39. The van der Waals surface area contributed by atoms with Gasteiger partial charge in [0, 0.05) is 12.0 Å². The molecule has 1 rings (SSSR count). The third-order valence-electron chi connectivity index (χ3n) is 2.99. The van der Waals surface area contributed by atoms with Gasteiger partial charge in [0.05, 0.1) is 7.11 Å². The second-order valence-electron chi connectivity index (χ2n) is 4.86. The number of methoxy groups -OCH3 is 1. The molecule has 0 aromatic heterocycles. The molecule has 0 radical (unpaired) electrons. The highest BCUT2D eigenvalue weighted by molar-refractivity contribution is 6.58. The van der Waals surface area contributed by atoms with Crippen LogP contribution in [-0.4, -0.2) is 36.3 Å². The van der Waals surface area contributed by atoms with Crippen molar-refractivity contribution in [1.82, 2.24) is 5.32 Å². The zero-order valence-electron chi connectivity index (χ0n) is 11.8. The van der Waals surface area contributed by atoms with Gasteiger partial charge in [-0.05, 0) is 17.5 Å². The number of rotatable bonds is 6. The molecule has 0 spiro atoms. The number of carbonyl (C=O) groups excluding carboxylic acids is 1. The van der Waals surface area contributed by atoms with Crippen LogP contribution in [0, 0.1) is 11.7 Å². The summed E-state index contributed by atoms with van der Waals surface area (Å²) in [5.74, 6) is -1.02. The number of carbonyl (C=O) groups is 1. The van der Waals surface area contributed by atoms with Crippen LogP contribution in [0.2, 0.25) is 0 Å². The summed E-state index contributed by atoms with van der Waals surface area (Å²) >= 11 is 0. The molecular formula is C13H19BFNO4. The summed E-state index contributed by atoms with van der Waals surface area (Å²) < 4.78 is 18.0. The molecule has 5 nitrogen and oxygen atoms in total. The third-order valence-corrected chi connectivity index (χ3v) is 2.99. The van der Waals surface area contributed by atoms with Crippen LogP contribution in [0.25, 0.3) is 0 Å². The van der Waals surface area contributed by atoms with Gasteiger partial charge in [-0.15, -0.1) is 0 Å². The minimum Gasteiger partial charge on any atom is -0.468 e. The first-order valence-corrected chi connectivity index (χ1v) is 6.32. The van der Waals surface area contributed by atoms with E-state index in [4.69, 9.17) is 14.8 Å². The molecule has 1 aromatic carbocycles. The number of nitrogens with one attached hydrogen (secondary N) is 1. The van der Waals surface area contributed by atoms with Gasteiger partial charge in [-0.25, -0.2) is 4.39 Å². The van der Waals surface area contributed by atoms with Crippen LogP contribution >= 0.6 is 0 Å². The molecule has 110 valence electrons. The van der Waals surface area contributed by atoms with Gasteiger partial charge in [0.1, 0.15) is 11.9 Å². The Morgan fingerprint density at radius 1 is 1.45 bits per heavy atom. The van der Waals surface area contributed by atoms with Crippen molar-refractivity contribution >= 4 is 18.6 Å². The lowest BCUT2D eigenvalue weighted by Crippen LogP contribution is -2.41. The van der Waals surface area contributed by atoms with E-state index in [1.807, 2.05) is 13.8 Å². The van der Waals surface area contributed by atoms with Gasteiger partial charge < -0.3 is 20.1 Å². The number of ether oxygens (including phenoxy) is 1. The summed E-state index contributed by atoms with van der Waals surface area (Å²) in [5, 5.41) is 21.1. The van der Waals surface area contributed by atoms with Crippen LogP contribution in [0.15, 0.2) is 18.2 Å². The van der Waals surface area contributed by atoms with Crippen LogP contribution in [0.5, 0.6) is 0 Å². The summed E-state index contributed by atoms with van der Waals surface area (Å²) in [6, 6.07) is 3.55. The molecule has 7 heteroatoms. The number of esters is 1. The van der Waals surface area contributed by atoms with Gasteiger partial charge in [-0.3, -0.25) is 4.79 Å². The highest BCUT2D eigenvalue weighted by Crippen LogP contribution is 2.07. The minimum atomic E-state index is -1.86. The van der Waals surface area contributed by atoms with E-state index in [9.17, 15) is 9.18 Å². The summed E-state index contributed by atoms with van der Waals surface area (Å²) in [5.41, 5.74) is 0.451. The van der Waals surface area contributed by atoms with Crippen LogP contribution in [-0.2, 0) is 16.1 Å². The molecule has 0 saturated carbocycles. The van der Waals surface area contributed by atoms with Crippen molar-refractivity contribution in [3.63, 3.8) is 0 Å². The Morgan fingerprint density at radius 2 is 2.10 bits per heavy atom. The topological polar surface area (TPSA) is 78.8 Å². The fraction of sp³-hybridized carbons (Fsp3) is 0.462.